The molecule has 0 aromatic carbocycles. The van der Waals surface area contributed by atoms with E-state index in [0.717, 1.165) is 4.90 Å². The van der Waals surface area contributed by atoms with E-state index in [4.69, 9.17) is 11.6 Å². The lowest BCUT2D eigenvalue weighted by Crippen LogP contribution is -2.41. The van der Waals surface area contributed by atoms with Crippen LogP contribution in [0.3, 0.4) is 0 Å². The molecule has 0 spiro atoms. The molecule has 0 saturated carbocycles. The van der Waals surface area contributed by atoms with Crippen LogP contribution in [0, 0.1) is 0 Å². The van der Waals surface area contributed by atoms with Crippen LogP contribution < -0.4 is 0 Å². The molecule has 5 heteroatoms. The fourth-order valence-corrected chi connectivity index (χ4v) is 0.854. The first-order chi connectivity index (χ1) is 5.54. The lowest BCUT2D eigenvalue weighted by molar-refractivity contribution is 0.174. The SMILES string of the molecule is CCN(CC)C(=O)N(C)C(=O)Cl. The average Bonchev–Trinajstić information content (AvgIpc) is 2.05. The summed E-state index contributed by atoms with van der Waals surface area (Å²) in [7, 11) is 1.36. The Balaban J connectivity index is 4.25. The van der Waals surface area contributed by atoms with E-state index in [0.29, 0.717) is 13.1 Å². The zero-order valence-electron chi connectivity index (χ0n) is 7.50. The molecule has 0 rings (SSSR count). The third-order valence-corrected chi connectivity index (χ3v) is 1.84. The molecule has 4 nitrogen and oxygen atoms in total. The van der Waals surface area contributed by atoms with E-state index in [-0.39, 0.29) is 6.03 Å². The molecule has 0 aromatic rings. The van der Waals surface area contributed by atoms with Crippen molar-refractivity contribution in [3.63, 3.8) is 0 Å². The standard InChI is InChI=1S/C7H13ClN2O2/c1-4-10(5-2)7(12)9(3)6(8)11/h4-5H2,1-3H3. The van der Waals surface area contributed by atoms with Gasteiger partial charge in [0.2, 0.25) is 0 Å². The molecule has 0 unspecified atom stereocenters. The molecule has 3 amide bonds. The highest BCUT2D eigenvalue weighted by Gasteiger charge is 2.18. The predicted octanol–water partition coefficient (Wildman–Crippen LogP) is 1.74. The number of carbonyl (C=O) groups is 2. The number of halogens is 1. The van der Waals surface area contributed by atoms with Crippen molar-refractivity contribution in [2.75, 3.05) is 20.1 Å². The maximum atomic E-state index is 11.3. The van der Waals surface area contributed by atoms with Crippen molar-refractivity contribution in [3.05, 3.63) is 0 Å². The van der Waals surface area contributed by atoms with Gasteiger partial charge in [0.25, 0.3) is 0 Å². The van der Waals surface area contributed by atoms with Crippen molar-refractivity contribution in [1.82, 2.24) is 9.80 Å². The van der Waals surface area contributed by atoms with Crippen LogP contribution in [0.2, 0.25) is 0 Å². The van der Waals surface area contributed by atoms with Crippen molar-refractivity contribution in [2.45, 2.75) is 13.8 Å². The van der Waals surface area contributed by atoms with Gasteiger partial charge in [-0.25, -0.2) is 4.79 Å². The zero-order valence-corrected chi connectivity index (χ0v) is 8.26. The maximum absolute atomic E-state index is 11.3. The van der Waals surface area contributed by atoms with Gasteiger partial charge in [0.15, 0.2) is 0 Å². The summed E-state index contributed by atoms with van der Waals surface area (Å²) in [6, 6.07) is -0.361. The quantitative estimate of drug-likeness (QED) is 0.494. The minimum Gasteiger partial charge on any atom is -0.325 e. The molecule has 0 heterocycles. The smallest absolute Gasteiger partial charge is 0.325 e. The zero-order chi connectivity index (χ0) is 9.72. The molecular formula is C7H13ClN2O2. The molecule has 0 fully saturated rings. The molecule has 0 radical (unpaired) electrons. The molecular weight excluding hydrogens is 180 g/mol. The summed E-state index contributed by atoms with van der Waals surface area (Å²) >= 11 is 5.12. The summed E-state index contributed by atoms with van der Waals surface area (Å²) in [6.07, 6.45) is 0. The highest BCUT2D eigenvalue weighted by Crippen LogP contribution is 1.99. The molecule has 0 saturated heterocycles. The van der Waals surface area contributed by atoms with E-state index in [1.54, 1.807) is 0 Å². The summed E-state index contributed by atoms with van der Waals surface area (Å²) in [5, 5.41) is -0.757. The van der Waals surface area contributed by atoms with Crippen molar-refractivity contribution in [1.29, 1.82) is 0 Å². The van der Waals surface area contributed by atoms with Gasteiger partial charge in [0, 0.05) is 20.1 Å². The molecule has 0 aliphatic rings. The maximum Gasteiger partial charge on any atom is 0.327 e. The normalized spacial score (nSPS) is 9.33. The van der Waals surface area contributed by atoms with E-state index in [9.17, 15) is 9.59 Å². The monoisotopic (exact) mass is 192 g/mol. The molecule has 70 valence electrons. The number of hydrogen-bond acceptors (Lipinski definition) is 2. The lowest BCUT2D eigenvalue weighted by Gasteiger charge is -2.22. The second kappa shape index (κ2) is 4.98. The van der Waals surface area contributed by atoms with Crippen LogP contribution in [0.5, 0.6) is 0 Å². The van der Waals surface area contributed by atoms with Crippen molar-refractivity contribution >= 4 is 23.0 Å². The van der Waals surface area contributed by atoms with Gasteiger partial charge in [0.05, 0.1) is 0 Å². The number of imide groups is 1. The highest BCUT2D eigenvalue weighted by molar-refractivity contribution is 6.63. The third-order valence-electron chi connectivity index (χ3n) is 1.58. The van der Waals surface area contributed by atoms with Gasteiger partial charge in [-0.15, -0.1) is 0 Å². The van der Waals surface area contributed by atoms with Crippen LogP contribution in [0.4, 0.5) is 9.59 Å². The van der Waals surface area contributed by atoms with E-state index >= 15 is 0 Å². The summed E-state index contributed by atoms with van der Waals surface area (Å²) in [5.41, 5.74) is 0. The first-order valence-electron chi connectivity index (χ1n) is 3.76. The van der Waals surface area contributed by atoms with Gasteiger partial charge in [-0.2, -0.15) is 0 Å². The van der Waals surface area contributed by atoms with Gasteiger partial charge in [-0.1, -0.05) is 0 Å². The van der Waals surface area contributed by atoms with Crippen LogP contribution in [-0.4, -0.2) is 41.3 Å². The van der Waals surface area contributed by atoms with Crippen molar-refractivity contribution in [3.8, 4) is 0 Å². The number of rotatable bonds is 2. The van der Waals surface area contributed by atoms with Crippen molar-refractivity contribution in [2.24, 2.45) is 0 Å². The van der Waals surface area contributed by atoms with E-state index in [1.165, 1.54) is 11.9 Å². The van der Waals surface area contributed by atoms with Gasteiger partial charge in [-0.3, -0.25) is 9.69 Å². The van der Waals surface area contributed by atoms with Gasteiger partial charge in [-0.05, 0) is 25.4 Å². The Morgan fingerprint density at radius 1 is 1.25 bits per heavy atom. The lowest BCUT2D eigenvalue weighted by atomic mass is 10.5. The Hall–Kier alpha value is -0.770. The summed E-state index contributed by atoms with van der Waals surface area (Å²) in [6.45, 7) is 4.83. The average molecular weight is 193 g/mol. The predicted molar refractivity (Wildman–Crippen MR) is 47.3 cm³/mol. The Bertz CT molecular complexity index is 180. The Morgan fingerprint density at radius 2 is 1.67 bits per heavy atom. The van der Waals surface area contributed by atoms with E-state index in [1.807, 2.05) is 13.8 Å². The Morgan fingerprint density at radius 3 is 1.92 bits per heavy atom. The summed E-state index contributed by atoms with van der Waals surface area (Å²) in [4.78, 5) is 24.3. The molecule has 0 aromatic heterocycles. The van der Waals surface area contributed by atoms with Gasteiger partial charge in [0.1, 0.15) is 0 Å². The van der Waals surface area contributed by atoms with Crippen LogP contribution in [0.15, 0.2) is 0 Å². The second-order valence-electron chi connectivity index (χ2n) is 2.27. The number of carbonyl (C=O) groups excluding carboxylic acids is 2. The number of hydrogen-bond donors (Lipinski definition) is 0. The first-order valence-corrected chi connectivity index (χ1v) is 4.14. The minimum absolute atomic E-state index is 0.361. The fraction of sp³-hybridized carbons (Fsp3) is 0.714. The highest BCUT2D eigenvalue weighted by atomic mass is 35.5. The number of nitrogens with zero attached hydrogens (tertiary/aromatic N) is 2. The molecule has 0 N–H and O–H groups in total. The van der Waals surface area contributed by atoms with Crippen molar-refractivity contribution < 1.29 is 9.59 Å². The fourth-order valence-electron chi connectivity index (χ4n) is 0.781. The van der Waals surface area contributed by atoms with Crippen LogP contribution >= 0.6 is 11.6 Å². The topological polar surface area (TPSA) is 40.6 Å². The van der Waals surface area contributed by atoms with Crippen LogP contribution in [0.1, 0.15) is 13.8 Å². The van der Waals surface area contributed by atoms with Crippen LogP contribution in [-0.2, 0) is 0 Å². The van der Waals surface area contributed by atoms with E-state index < -0.39 is 5.37 Å². The molecule has 0 atom stereocenters. The largest absolute Gasteiger partial charge is 0.327 e. The summed E-state index contributed by atoms with van der Waals surface area (Å²) in [5.74, 6) is 0. The molecule has 0 bridgehead atoms. The second-order valence-corrected chi connectivity index (χ2v) is 2.59. The molecule has 12 heavy (non-hydrogen) atoms. The Kier molecular flexibility index (Phi) is 4.66. The molecule has 0 aliphatic heterocycles. The third kappa shape index (κ3) is 2.70. The van der Waals surface area contributed by atoms with E-state index in [2.05, 4.69) is 0 Å². The minimum atomic E-state index is -0.757. The van der Waals surface area contributed by atoms with Crippen LogP contribution in [0.25, 0.3) is 0 Å². The first kappa shape index (κ1) is 11.2. The van der Waals surface area contributed by atoms with Gasteiger partial charge < -0.3 is 4.90 Å². The number of urea groups is 1. The molecule has 0 aliphatic carbocycles. The Labute approximate surface area is 77.1 Å². The summed E-state index contributed by atoms with van der Waals surface area (Å²) < 4.78 is 0. The van der Waals surface area contributed by atoms with Gasteiger partial charge >= 0.3 is 11.4 Å². The number of amides is 3.